The van der Waals surface area contributed by atoms with E-state index in [1.165, 1.54) is 12.8 Å². The summed E-state index contributed by atoms with van der Waals surface area (Å²) in [5.74, 6) is 1.25. The van der Waals surface area contributed by atoms with Gasteiger partial charge >= 0.3 is 0 Å². The van der Waals surface area contributed by atoms with Crippen LogP contribution in [0.3, 0.4) is 0 Å². The van der Waals surface area contributed by atoms with Crippen LogP contribution >= 0.6 is 0 Å². The molecule has 3 aliphatic heterocycles. The highest BCUT2D eigenvalue weighted by atomic mass is 19.1. The second-order valence-electron chi connectivity index (χ2n) is 11.2. The third-order valence-electron chi connectivity index (χ3n) is 8.88. The van der Waals surface area contributed by atoms with Gasteiger partial charge in [-0.3, -0.25) is 4.90 Å². The number of aromatic nitrogens is 2. The second kappa shape index (κ2) is 8.64. The minimum Gasteiger partial charge on any atom is -0.353 e. The Balaban J connectivity index is 1.38. The average Bonchev–Trinajstić information content (AvgIpc) is 3.07. The number of rotatable bonds is 4. The van der Waals surface area contributed by atoms with E-state index >= 15 is 4.39 Å². The summed E-state index contributed by atoms with van der Waals surface area (Å²) >= 11 is 0. The number of hydrogen-bond acceptors (Lipinski definition) is 6. The third kappa shape index (κ3) is 3.67. The Bertz CT molecular complexity index is 1480. The highest BCUT2D eigenvalue weighted by molar-refractivity contribution is 6.00. The number of fused-ring (bicyclic) bond motifs is 4. The first-order chi connectivity index (χ1) is 18.0. The van der Waals surface area contributed by atoms with Crippen LogP contribution in [0.2, 0.25) is 0 Å². The van der Waals surface area contributed by atoms with Gasteiger partial charge in [0.1, 0.15) is 11.3 Å². The fraction of sp³-hybridized carbons (Fsp3) is 0.400. The van der Waals surface area contributed by atoms with Crippen LogP contribution in [0.15, 0.2) is 54.6 Å². The third-order valence-corrected chi connectivity index (χ3v) is 8.88. The first-order valence-corrected chi connectivity index (χ1v) is 13.3. The van der Waals surface area contributed by atoms with E-state index in [1.54, 1.807) is 0 Å². The van der Waals surface area contributed by atoms with Crippen molar-refractivity contribution in [3.05, 3.63) is 60.4 Å². The van der Waals surface area contributed by atoms with Gasteiger partial charge in [-0.25, -0.2) is 9.37 Å². The van der Waals surface area contributed by atoms with Gasteiger partial charge in [-0.05, 0) is 56.4 Å². The summed E-state index contributed by atoms with van der Waals surface area (Å²) in [6, 6.07) is 19.7. The molecule has 0 saturated carbocycles. The van der Waals surface area contributed by atoms with E-state index in [4.69, 9.17) is 9.97 Å². The second-order valence-corrected chi connectivity index (χ2v) is 11.2. The number of likely N-dealkylation sites (N-methyl/N-ethyl adjacent to an activating group) is 2. The largest absolute Gasteiger partial charge is 0.353 e. The highest BCUT2D eigenvalue weighted by Crippen LogP contribution is 2.39. The molecule has 0 spiro atoms. The molecule has 3 aliphatic rings. The molecule has 4 heterocycles. The van der Waals surface area contributed by atoms with Crippen molar-refractivity contribution in [1.29, 1.82) is 0 Å². The molecule has 3 fully saturated rings. The Morgan fingerprint density at radius 2 is 1.51 bits per heavy atom. The van der Waals surface area contributed by atoms with Crippen LogP contribution in [-0.2, 0) is 0 Å². The molecule has 3 saturated heterocycles. The van der Waals surface area contributed by atoms with Crippen molar-refractivity contribution in [3.8, 4) is 11.1 Å². The lowest BCUT2D eigenvalue weighted by Gasteiger charge is -2.43. The van der Waals surface area contributed by atoms with E-state index in [9.17, 15) is 0 Å². The first-order valence-electron chi connectivity index (χ1n) is 13.3. The molecule has 4 aromatic rings. The fourth-order valence-corrected chi connectivity index (χ4v) is 6.42. The first kappa shape index (κ1) is 22.9. The molecule has 190 valence electrons. The minimum absolute atomic E-state index is 0.263. The van der Waals surface area contributed by atoms with Crippen molar-refractivity contribution in [2.45, 2.75) is 31.0 Å². The standard InChI is InChI=1S/C30H33FN6/c1-34(2)22-17-37(18-22)30-32-28-26(29(33-30)36-15-20-11-12-21(16-36)35(20)3)14-13-25(27(28)31)24-10-6-8-19-7-4-5-9-23(19)24/h4-10,13-14,20-22H,11-12,15-18H2,1-3H3. The number of anilines is 2. The van der Waals surface area contributed by atoms with Gasteiger partial charge in [0.2, 0.25) is 5.95 Å². The Kier molecular flexibility index (Phi) is 5.34. The molecule has 0 N–H and O–H groups in total. The normalized spacial score (nSPS) is 22.4. The molecule has 0 amide bonds. The summed E-state index contributed by atoms with van der Waals surface area (Å²) in [5.41, 5.74) is 1.91. The van der Waals surface area contributed by atoms with Gasteiger partial charge in [-0.15, -0.1) is 0 Å². The summed E-state index contributed by atoms with van der Waals surface area (Å²) in [6.45, 7) is 3.56. The van der Waals surface area contributed by atoms with Crippen LogP contribution in [0, 0.1) is 5.82 Å². The Morgan fingerprint density at radius 3 is 2.27 bits per heavy atom. The lowest BCUT2D eigenvalue weighted by molar-refractivity contribution is 0.212. The maximum atomic E-state index is 16.5. The Morgan fingerprint density at radius 1 is 0.784 bits per heavy atom. The predicted octanol–water partition coefficient (Wildman–Crippen LogP) is 4.62. The summed E-state index contributed by atoms with van der Waals surface area (Å²) < 4.78 is 16.5. The monoisotopic (exact) mass is 496 g/mol. The molecule has 2 atom stereocenters. The summed E-state index contributed by atoms with van der Waals surface area (Å²) in [6.07, 6.45) is 2.42. The van der Waals surface area contributed by atoms with Gasteiger partial charge in [0.25, 0.3) is 0 Å². The molecule has 6 nitrogen and oxygen atoms in total. The maximum Gasteiger partial charge on any atom is 0.228 e. The summed E-state index contributed by atoms with van der Waals surface area (Å²) in [4.78, 5) is 19.3. The van der Waals surface area contributed by atoms with Crippen molar-refractivity contribution in [2.24, 2.45) is 0 Å². The molecule has 0 aliphatic carbocycles. The number of piperazine rings is 1. The van der Waals surface area contributed by atoms with Crippen LogP contribution in [0.4, 0.5) is 16.2 Å². The zero-order chi connectivity index (χ0) is 25.3. The van der Waals surface area contributed by atoms with Crippen LogP contribution < -0.4 is 9.80 Å². The maximum absolute atomic E-state index is 16.5. The van der Waals surface area contributed by atoms with E-state index in [2.05, 4.69) is 58.9 Å². The Labute approximate surface area is 217 Å². The molecule has 1 aromatic heterocycles. The molecule has 7 heteroatoms. The van der Waals surface area contributed by atoms with Gasteiger partial charge in [0.05, 0.1) is 0 Å². The lowest BCUT2D eigenvalue weighted by Crippen LogP contribution is -2.58. The summed E-state index contributed by atoms with van der Waals surface area (Å²) in [5, 5.41) is 2.95. The van der Waals surface area contributed by atoms with Crippen molar-refractivity contribution in [1.82, 2.24) is 19.8 Å². The van der Waals surface area contributed by atoms with Crippen LogP contribution in [0.1, 0.15) is 12.8 Å². The molecule has 2 bridgehead atoms. The van der Waals surface area contributed by atoms with Crippen LogP contribution in [-0.4, -0.2) is 85.2 Å². The zero-order valence-electron chi connectivity index (χ0n) is 21.7. The lowest BCUT2D eigenvalue weighted by atomic mass is 9.96. The smallest absolute Gasteiger partial charge is 0.228 e. The molecule has 0 radical (unpaired) electrons. The topological polar surface area (TPSA) is 38.7 Å². The molecular formula is C30H33FN6. The van der Waals surface area contributed by atoms with Gasteiger partial charge in [0, 0.05) is 55.3 Å². The van der Waals surface area contributed by atoms with E-state index in [0.29, 0.717) is 35.2 Å². The Hall–Kier alpha value is -3.29. The van der Waals surface area contributed by atoms with Gasteiger partial charge in [0.15, 0.2) is 5.82 Å². The van der Waals surface area contributed by atoms with E-state index in [-0.39, 0.29) is 5.82 Å². The summed E-state index contributed by atoms with van der Waals surface area (Å²) in [7, 11) is 6.44. The van der Waals surface area contributed by atoms with Crippen molar-refractivity contribution in [2.75, 3.05) is 57.1 Å². The highest BCUT2D eigenvalue weighted by Gasteiger charge is 2.39. The molecule has 3 aromatic carbocycles. The quantitative estimate of drug-likeness (QED) is 0.411. The SMILES string of the molecule is CN(C)C1CN(c2nc(N3CC4CCC(C3)N4C)c3ccc(-c4cccc5ccccc45)c(F)c3n2)C1. The van der Waals surface area contributed by atoms with E-state index < -0.39 is 0 Å². The minimum atomic E-state index is -0.263. The van der Waals surface area contributed by atoms with Crippen molar-refractivity contribution >= 4 is 33.4 Å². The van der Waals surface area contributed by atoms with Crippen molar-refractivity contribution < 1.29 is 4.39 Å². The molecule has 37 heavy (non-hydrogen) atoms. The number of benzene rings is 3. The van der Waals surface area contributed by atoms with Crippen molar-refractivity contribution in [3.63, 3.8) is 0 Å². The number of hydrogen-bond donors (Lipinski definition) is 0. The molecule has 2 unspecified atom stereocenters. The van der Waals surface area contributed by atoms with Gasteiger partial charge < -0.3 is 14.7 Å². The zero-order valence-corrected chi connectivity index (χ0v) is 21.7. The predicted molar refractivity (Wildman–Crippen MR) is 149 cm³/mol. The fourth-order valence-electron chi connectivity index (χ4n) is 6.42. The van der Waals surface area contributed by atoms with Gasteiger partial charge in [-0.1, -0.05) is 48.5 Å². The number of nitrogens with zero attached hydrogens (tertiary/aromatic N) is 6. The van der Waals surface area contributed by atoms with Crippen LogP contribution in [0.25, 0.3) is 32.8 Å². The molecule has 7 rings (SSSR count). The molecular weight excluding hydrogens is 463 g/mol. The van der Waals surface area contributed by atoms with Crippen LogP contribution in [0.5, 0.6) is 0 Å². The average molecular weight is 497 g/mol. The van der Waals surface area contributed by atoms with E-state index in [0.717, 1.165) is 53.7 Å². The van der Waals surface area contributed by atoms with E-state index in [1.807, 2.05) is 36.4 Å². The number of halogens is 1. The van der Waals surface area contributed by atoms with Gasteiger partial charge in [-0.2, -0.15) is 4.98 Å².